The molecule has 13 heavy (non-hydrogen) atoms. The van der Waals surface area contributed by atoms with Crippen molar-refractivity contribution in [2.45, 2.75) is 13.3 Å². The molecule has 0 spiro atoms. The molecule has 0 aliphatic heterocycles. The third-order valence-corrected chi connectivity index (χ3v) is 2.29. The summed E-state index contributed by atoms with van der Waals surface area (Å²) in [7, 11) is -5.72. The molecule has 0 bridgehead atoms. The molecule has 0 aliphatic carbocycles. The molecule has 0 rings (SSSR count). The normalized spacial score (nSPS) is 11.7. The van der Waals surface area contributed by atoms with E-state index in [1.165, 1.54) is 0 Å². The van der Waals surface area contributed by atoms with Gasteiger partial charge in [-0.1, -0.05) is 6.92 Å². The van der Waals surface area contributed by atoms with E-state index in [9.17, 15) is 16.8 Å². The van der Waals surface area contributed by atoms with Crippen LogP contribution >= 0.6 is 0 Å². The summed E-state index contributed by atoms with van der Waals surface area (Å²) in [6, 6.07) is 0. The Bertz CT molecular complexity index is 300. The van der Waals surface area contributed by atoms with Gasteiger partial charge in [0.2, 0.25) is 0 Å². The molecule has 0 amide bonds. The smallest absolute Gasteiger partial charge is 0.264 e. The van der Waals surface area contributed by atoms with Crippen LogP contribution in [0.25, 0.3) is 0 Å². The van der Waals surface area contributed by atoms with Gasteiger partial charge in [0.15, 0.2) is 0 Å². The standard InChI is InChI=1S/C3H8O3S.C2H6O3S/c1-2-3-7(4,5)6;1-5-6(2,3)4/h2-3H2,1H3,(H,4,5,6);1-2H3. The van der Waals surface area contributed by atoms with Gasteiger partial charge in [-0.05, 0) is 6.42 Å². The lowest BCUT2D eigenvalue weighted by atomic mass is 10.6. The van der Waals surface area contributed by atoms with E-state index in [2.05, 4.69) is 4.18 Å². The third-order valence-electron chi connectivity index (χ3n) is 0.765. The molecular formula is C5H14O6S2. The fourth-order valence-electron chi connectivity index (χ4n) is 0.258. The lowest BCUT2D eigenvalue weighted by molar-refractivity contribution is 0.403. The minimum Gasteiger partial charge on any atom is -0.286 e. The van der Waals surface area contributed by atoms with Crippen LogP contribution in [0.5, 0.6) is 0 Å². The highest BCUT2D eigenvalue weighted by atomic mass is 32.2. The summed E-state index contributed by atoms with van der Waals surface area (Å²) in [5, 5.41) is 0. The van der Waals surface area contributed by atoms with E-state index in [0.717, 1.165) is 13.4 Å². The van der Waals surface area contributed by atoms with Crippen molar-refractivity contribution in [2.75, 3.05) is 19.1 Å². The maximum atomic E-state index is 9.79. The van der Waals surface area contributed by atoms with Gasteiger partial charge in [-0.2, -0.15) is 16.8 Å². The Labute approximate surface area is 78.8 Å². The van der Waals surface area contributed by atoms with Gasteiger partial charge in [0.25, 0.3) is 20.2 Å². The van der Waals surface area contributed by atoms with Crippen molar-refractivity contribution >= 4 is 20.2 Å². The van der Waals surface area contributed by atoms with Gasteiger partial charge in [-0.15, -0.1) is 0 Å². The lowest BCUT2D eigenvalue weighted by Crippen LogP contribution is -2.01. The van der Waals surface area contributed by atoms with E-state index in [4.69, 9.17) is 4.55 Å². The molecule has 0 heterocycles. The zero-order chi connectivity index (χ0) is 11.1. The Morgan fingerprint density at radius 1 is 1.23 bits per heavy atom. The van der Waals surface area contributed by atoms with Crippen molar-refractivity contribution in [2.24, 2.45) is 0 Å². The largest absolute Gasteiger partial charge is 0.286 e. The molecule has 82 valence electrons. The molecule has 0 fully saturated rings. The van der Waals surface area contributed by atoms with Crippen LogP contribution in [0.15, 0.2) is 0 Å². The zero-order valence-electron chi connectivity index (χ0n) is 7.72. The van der Waals surface area contributed by atoms with E-state index in [-0.39, 0.29) is 5.75 Å². The van der Waals surface area contributed by atoms with Gasteiger partial charge in [0.1, 0.15) is 0 Å². The maximum absolute atomic E-state index is 9.79. The Hall–Kier alpha value is -0.180. The maximum Gasteiger partial charge on any atom is 0.264 e. The summed E-state index contributed by atoms with van der Waals surface area (Å²) in [5.74, 6) is -0.132. The van der Waals surface area contributed by atoms with Crippen LogP contribution in [0.2, 0.25) is 0 Å². The number of hydrogen-bond donors (Lipinski definition) is 1. The number of rotatable bonds is 3. The second-order valence-electron chi connectivity index (χ2n) is 2.16. The molecule has 0 saturated heterocycles. The molecule has 0 atom stereocenters. The van der Waals surface area contributed by atoms with E-state index in [1.54, 1.807) is 6.92 Å². The van der Waals surface area contributed by atoms with Crippen LogP contribution < -0.4 is 0 Å². The van der Waals surface area contributed by atoms with Crippen molar-refractivity contribution < 1.29 is 25.6 Å². The molecule has 8 heteroatoms. The Morgan fingerprint density at radius 2 is 1.54 bits per heavy atom. The van der Waals surface area contributed by atoms with Crippen LogP contribution in [0.1, 0.15) is 13.3 Å². The van der Waals surface area contributed by atoms with Gasteiger partial charge in [0.05, 0.1) is 19.1 Å². The van der Waals surface area contributed by atoms with Gasteiger partial charge in [-0.3, -0.25) is 8.74 Å². The summed E-state index contributed by atoms with van der Waals surface area (Å²) in [6.45, 7) is 1.69. The average molecular weight is 234 g/mol. The topological polar surface area (TPSA) is 97.7 Å². The van der Waals surface area contributed by atoms with E-state index in [0.29, 0.717) is 6.42 Å². The first-order chi connectivity index (χ1) is 5.62. The minimum absolute atomic E-state index is 0.132. The second kappa shape index (κ2) is 6.30. The quantitative estimate of drug-likeness (QED) is 0.540. The summed E-state index contributed by atoms with van der Waals surface area (Å²) < 4.78 is 51.0. The van der Waals surface area contributed by atoms with Gasteiger partial charge >= 0.3 is 0 Å². The zero-order valence-corrected chi connectivity index (χ0v) is 9.35. The Balaban J connectivity index is 0. The minimum atomic E-state index is -3.67. The molecule has 0 aromatic rings. The molecule has 0 aromatic carbocycles. The molecule has 0 aliphatic rings. The van der Waals surface area contributed by atoms with Crippen LogP contribution in [-0.2, 0) is 24.4 Å². The molecular weight excluding hydrogens is 220 g/mol. The summed E-state index contributed by atoms with van der Waals surface area (Å²) >= 11 is 0. The molecule has 0 saturated carbocycles. The summed E-state index contributed by atoms with van der Waals surface area (Å²) in [5.41, 5.74) is 0. The first kappa shape index (κ1) is 15.3. The average Bonchev–Trinajstić information content (AvgIpc) is 1.84. The van der Waals surface area contributed by atoms with Crippen molar-refractivity contribution in [1.82, 2.24) is 0 Å². The monoisotopic (exact) mass is 234 g/mol. The summed E-state index contributed by atoms with van der Waals surface area (Å²) in [4.78, 5) is 0. The number of hydrogen-bond acceptors (Lipinski definition) is 5. The first-order valence-electron chi connectivity index (χ1n) is 3.33. The van der Waals surface area contributed by atoms with Crippen molar-refractivity contribution in [3.05, 3.63) is 0 Å². The van der Waals surface area contributed by atoms with Crippen LogP contribution in [-0.4, -0.2) is 40.5 Å². The van der Waals surface area contributed by atoms with Gasteiger partial charge < -0.3 is 0 Å². The fourth-order valence-corrected chi connectivity index (χ4v) is 0.774. The molecule has 1 N–H and O–H groups in total. The highest BCUT2D eigenvalue weighted by Gasteiger charge is 1.98. The summed E-state index contributed by atoms with van der Waals surface area (Å²) in [6.07, 6.45) is 1.46. The van der Waals surface area contributed by atoms with Crippen molar-refractivity contribution in [3.63, 3.8) is 0 Å². The van der Waals surface area contributed by atoms with E-state index in [1.807, 2.05) is 0 Å². The van der Waals surface area contributed by atoms with E-state index < -0.39 is 20.2 Å². The predicted octanol–water partition coefficient (Wildman–Crippen LogP) is -0.123. The predicted molar refractivity (Wildman–Crippen MR) is 48.6 cm³/mol. The highest BCUT2D eigenvalue weighted by Crippen LogP contribution is 1.83. The molecule has 6 nitrogen and oxygen atoms in total. The van der Waals surface area contributed by atoms with Crippen LogP contribution in [0, 0.1) is 0 Å². The molecule has 0 radical (unpaired) electrons. The Kier molecular flexibility index (Phi) is 7.41. The third kappa shape index (κ3) is 24.5. The van der Waals surface area contributed by atoms with Gasteiger partial charge in [-0.25, -0.2) is 0 Å². The van der Waals surface area contributed by atoms with Crippen molar-refractivity contribution in [1.29, 1.82) is 0 Å². The van der Waals surface area contributed by atoms with Crippen molar-refractivity contribution in [3.8, 4) is 0 Å². The fraction of sp³-hybridized carbons (Fsp3) is 1.00. The first-order valence-corrected chi connectivity index (χ1v) is 6.75. The van der Waals surface area contributed by atoms with Crippen LogP contribution in [0.4, 0.5) is 0 Å². The lowest BCUT2D eigenvalue weighted by Gasteiger charge is -1.85. The Morgan fingerprint density at radius 3 is 1.54 bits per heavy atom. The van der Waals surface area contributed by atoms with Gasteiger partial charge in [0, 0.05) is 0 Å². The highest BCUT2D eigenvalue weighted by molar-refractivity contribution is 7.86. The SMILES string of the molecule is CCCS(=O)(=O)O.COS(C)(=O)=O. The van der Waals surface area contributed by atoms with E-state index >= 15 is 0 Å². The molecule has 0 aromatic heterocycles. The molecule has 0 unspecified atom stereocenters. The second-order valence-corrected chi connectivity index (χ2v) is 5.47. The van der Waals surface area contributed by atoms with Crippen LogP contribution in [0.3, 0.4) is 0 Å².